The van der Waals surface area contributed by atoms with Gasteiger partial charge in [0, 0.05) is 16.2 Å². The largest absolute Gasteiger partial charge is 0.262 e. The lowest BCUT2D eigenvalue weighted by Crippen LogP contribution is -2.30. The Morgan fingerprint density at radius 3 is 1.26 bits per heavy atom. The van der Waals surface area contributed by atoms with E-state index in [2.05, 4.69) is 58.2 Å². The molecule has 3 spiro atoms. The van der Waals surface area contributed by atoms with E-state index in [-0.39, 0.29) is 27.6 Å². The monoisotopic (exact) mass is 598 g/mol. The minimum atomic E-state index is -0.133. The summed E-state index contributed by atoms with van der Waals surface area (Å²) in [4.78, 5) is 7.09. The molecule has 0 aliphatic heterocycles. The van der Waals surface area contributed by atoms with E-state index in [1.54, 1.807) is 0 Å². The van der Waals surface area contributed by atoms with Crippen LogP contribution < -0.4 is 0 Å². The van der Waals surface area contributed by atoms with Crippen LogP contribution >= 0.6 is 0 Å². The quantitative estimate of drug-likeness (QED) is 0.255. The number of nitriles is 2. The summed E-state index contributed by atoms with van der Waals surface area (Å²) in [6.45, 7) is 15.2. The van der Waals surface area contributed by atoms with Gasteiger partial charge in [-0.3, -0.25) is 0 Å². The van der Waals surface area contributed by atoms with E-state index in [0.717, 1.165) is 75.4 Å². The van der Waals surface area contributed by atoms with Gasteiger partial charge in [-0.15, -0.1) is 0 Å². The first kappa shape index (κ1) is 28.8. The summed E-state index contributed by atoms with van der Waals surface area (Å²) in [6.07, 6.45) is 25.8. The molecule has 6 aliphatic rings. The van der Waals surface area contributed by atoms with Gasteiger partial charge in [0.15, 0.2) is 0 Å². The normalized spacial score (nSPS) is 22.9. The molecule has 8 rings (SSSR count). The summed E-state index contributed by atoms with van der Waals surface area (Å²) in [5.74, 6) is 0. The summed E-state index contributed by atoms with van der Waals surface area (Å²) in [5, 5.41) is 19.4. The maximum absolute atomic E-state index is 9.68. The number of benzene rings is 2. The molecular formula is C42H38N4. The first-order valence-electron chi connectivity index (χ1n) is 17.3. The second-order valence-corrected chi connectivity index (χ2v) is 14.6. The van der Waals surface area contributed by atoms with Gasteiger partial charge < -0.3 is 0 Å². The standard InChI is InChI=1S/C42H38N4/c1-45-32(26-43)22-30-18-28-20-38-34(24-36(28)40(30)12-6-3-7-13-40)35-25-37-29(21-39(35)42(38)16-10-5-11-17-42)19-31(23-33(27-44)46-2)41(37)14-8-4-9-15-41/h18-25H,3-17H2/b32-22-,33-23+. The van der Waals surface area contributed by atoms with Crippen LogP contribution in [0.1, 0.15) is 130 Å². The highest BCUT2D eigenvalue weighted by Crippen LogP contribution is 2.62. The molecule has 3 fully saturated rings. The van der Waals surface area contributed by atoms with E-state index in [4.69, 9.17) is 13.1 Å². The van der Waals surface area contributed by atoms with E-state index in [9.17, 15) is 10.5 Å². The fourth-order valence-corrected chi connectivity index (χ4v) is 10.6. The zero-order valence-corrected chi connectivity index (χ0v) is 26.5. The van der Waals surface area contributed by atoms with Crippen molar-refractivity contribution in [2.24, 2.45) is 0 Å². The van der Waals surface area contributed by atoms with Gasteiger partial charge in [-0.05, 0) is 131 Å². The number of rotatable bonds is 2. The van der Waals surface area contributed by atoms with E-state index < -0.39 is 0 Å². The van der Waals surface area contributed by atoms with Gasteiger partial charge in [-0.1, -0.05) is 69.9 Å². The van der Waals surface area contributed by atoms with Crippen LogP contribution in [0.3, 0.4) is 0 Å². The molecule has 4 nitrogen and oxygen atoms in total. The summed E-state index contributed by atoms with van der Waals surface area (Å²) < 4.78 is 0. The highest BCUT2D eigenvalue weighted by atomic mass is 14.7. The molecule has 0 bridgehead atoms. The first-order valence-corrected chi connectivity index (χ1v) is 17.3. The molecule has 0 N–H and O–H groups in total. The Hall–Kier alpha value is -4.64. The Kier molecular flexibility index (Phi) is 6.72. The topological polar surface area (TPSA) is 56.3 Å². The molecule has 0 aromatic heterocycles. The minimum Gasteiger partial charge on any atom is -0.227 e. The second kappa shape index (κ2) is 10.7. The Bertz CT molecular complexity index is 1800. The van der Waals surface area contributed by atoms with Crippen LogP contribution in [0.25, 0.3) is 33.0 Å². The van der Waals surface area contributed by atoms with Gasteiger partial charge in [-0.2, -0.15) is 0 Å². The van der Waals surface area contributed by atoms with E-state index >= 15 is 0 Å². The first-order chi connectivity index (χ1) is 22.5. The van der Waals surface area contributed by atoms with Crippen molar-refractivity contribution in [1.82, 2.24) is 0 Å². The van der Waals surface area contributed by atoms with E-state index in [1.807, 2.05) is 12.2 Å². The summed E-state index contributed by atoms with van der Waals surface area (Å²) >= 11 is 0. The van der Waals surface area contributed by atoms with Crippen LogP contribution in [-0.2, 0) is 16.2 Å². The van der Waals surface area contributed by atoms with Crippen molar-refractivity contribution in [2.45, 2.75) is 113 Å². The average Bonchev–Trinajstić information content (AvgIpc) is 3.64. The summed E-state index contributed by atoms with van der Waals surface area (Å²) in [5.41, 5.74) is 13.5. The summed E-state index contributed by atoms with van der Waals surface area (Å²) in [6, 6.07) is 14.4. The highest BCUT2D eigenvalue weighted by Gasteiger charge is 2.50. The van der Waals surface area contributed by atoms with Crippen LogP contribution in [0.4, 0.5) is 0 Å². The molecule has 2 aromatic carbocycles. The van der Waals surface area contributed by atoms with E-state index in [0.29, 0.717) is 0 Å². The molecule has 4 heteroatoms. The molecule has 6 aliphatic carbocycles. The predicted molar refractivity (Wildman–Crippen MR) is 182 cm³/mol. The number of fused-ring (bicyclic) bond motifs is 9. The molecule has 0 heterocycles. The maximum Gasteiger partial charge on any atom is 0.262 e. The molecule has 0 radical (unpaired) electrons. The van der Waals surface area contributed by atoms with Crippen LogP contribution in [-0.4, -0.2) is 0 Å². The van der Waals surface area contributed by atoms with Gasteiger partial charge in [0.2, 0.25) is 0 Å². The number of nitrogens with zero attached hydrogens (tertiary/aromatic N) is 4. The van der Waals surface area contributed by atoms with E-state index in [1.165, 1.54) is 76.6 Å². The Labute approximate surface area is 273 Å². The lowest BCUT2D eigenvalue weighted by molar-refractivity contribution is 0.346. The third-order valence-corrected chi connectivity index (χ3v) is 12.6. The Morgan fingerprint density at radius 1 is 0.543 bits per heavy atom. The highest BCUT2D eigenvalue weighted by molar-refractivity contribution is 5.89. The van der Waals surface area contributed by atoms with Gasteiger partial charge in [0.25, 0.3) is 11.4 Å². The van der Waals surface area contributed by atoms with Crippen molar-refractivity contribution in [1.29, 1.82) is 10.5 Å². The van der Waals surface area contributed by atoms with Gasteiger partial charge >= 0.3 is 0 Å². The van der Waals surface area contributed by atoms with Crippen molar-refractivity contribution >= 4 is 12.2 Å². The molecule has 226 valence electrons. The maximum atomic E-state index is 9.68. The average molecular weight is 599 g/mol. The third kappa shape index (κ3) is 3.93. The van der Waals surface area contributed by atoms with Crippen LogP contribution in [0.5, 0.6) is 0 Å². The van der Waals surface area contributed by atoms with Gasteiger partial charge in [0.05, 0.1) is 25.3 Å². The number of hydrogen-bond donors (Lipinski definition) is 0. The molecular weight excluding hydrogens is 560 g/mol. The molecule has 3 saturated carbocycles. The SMILES string of the molecule is [C-]#[N+]/C(C#N)=C\C1=Cc2cc3c(cc2C12CCCCC2)-c1cc2c(cc1C31CCCCC1)C=C(/C=C(\C#N)[N+]#[C-])C21CCCCC1. The minimum absolute atomic E-state index is 0.00600. The molecule has 0 amide bonds. The van der Waals surface area contributed by atoms with Crippen molar-refractivity contribution in [2.75, 3.05) is 0 Å². The third-order valence-electron chi connectivity index (χ3n) is 12.6. The molecule has 2 aromatic rings. The van der Waals surface area contributed by atoms with Crippen molar-refractivity contribution in [3.05, 3.63) is 115 Å². The van der Waals surface area contributed by atoms with Crippen molar-refractivity contribution in [3.63, 3.8) is 0 Å². The van der Waals surface area contributed by atoms with Gasteiger partial charge in [-0.25, -0.2) is 20.2 Å². The zero-order valence-electron chi connectivity index (χ0n) is 26.5. The zero-order chi connectivity index (χ0) is 31.5. The van der Waals surface area contributed by atoms with Crippen molar-refractivity contribution < 1.29 is 0 Å². The Balaban J connectivity index is 1.35. The van der Waals surface area contributed by atoms with Gasteiger partial charge in [0.1, 0.15) is 0 Å². The van der Waals surface area contributed by atoms with Crippen molar-refractivity contribution in [3.8, 4) is 23.3 Å². The second-order valence-electron chi connectivity index (χ2n) is 14.6. The molecule has 0 saturated heterocycles. The lowest BCUT2D eigenvalue weighted by Gasteiger charge is -2.38. The van der Waals surface area contributed by atoms with Crippen LogP contribution in [0.15, 0.2) is 59.0 Å². The summed E-state index contributed by atoms with van der Waals surface area (Å²) in [7, 11) is 0. The predicted octanol–water partition coefficient (Wildman–Crippen LogP) is 10.8. The fraction of sp³-hybridized carbons (Fsp3) is 0.429. The molecule has 0 atom stereocenters. The smallest absolute Gasteiger partial charge is 0.227 e. The fourth-order valence-electron chi connectivity index (χ4n) is 10.6. The Morgan fingerprint density at radius 2 is 0.913 bits per heavy atom. The lowest BCUT2D eigenvalue weighted by atomic mass is 9.65. The van der Waals surface area contributed by atoms with Crippen LogP contribution in [0, 0.1) is 35.8 Å². The van der Waals surface area contributed by atoms with Crippen LogP contribution in [0.2, 0.25) is 0 Å². The molecule has 46 heavy (non-hydrogen) atoms. The number of hydrogen-bond acceptors (Lipinski definition) is 2. The molecule has 0 unspecified atom stereocenters. The number of allylic oxidation sites excluding steroid dienone is 6.